The molecule has 4 nitrogen and oxygen atoms in total. The zero-order valence-corrected chi connectivity index (χ0v) is 9.47. The normalized spacial score (nSPS) is 11.5. The molecule has 0 aliphatic rings. The van der Waals surface area contributed by atoms with Gasteiger partial charge in [-0.25, -0.2) is 13.8 Å². The third-order valence-corrected chi connectivity index (χ3v) is 2.85. The number of nitrogens with one attached hydrogen (secondary N) is 2. The molecule has 0 bridgehead atoms. The largest absolute Gasteiger partial charge is 0.348 e. The fraction of sp³-hybridized carbons (Fsp3) is 0.167. The molecule has 0 amide bonds. The number of fused-ring (bicyclic) bond motifs is 3. The van der Waals surface area contributed by atoms with Gasteiger partial charge in [0, 0.05) is 12.5 Å². The first-order valence-electron chi connectivity index (χ1n) is 5.49. The molecule has 0 atom stereocenters. The van der Waals surface area contributed by atoms with E-state index in [1.54, 1.807) is 0 Å². The smallest absolute Gasteiger partial charge is 0.275 e. The van der Waals surface area contributed by atoms with Gasteiger partial charge in [-0.3, -0.25) is 4.79 Å². The zero-order chi connectivity index (χ0) is 12.9. The van der Waals surface area contributed by atoms with Crippen molar-refractivity contribution < 1.29 is 8.78 Å². The van der Waals surface area contributed by atoms with Crippen molar-refractivity contribution >= 4 is 21.9 Å². The highest BCUT2D eigenvalue weighted by Gasteiger charge is 2.14. The maximum atomic E-state index is 13.8. The Morgan fingerprint density at radius 2 is 2.06 bits per heavy atom. The van der Waals surface area contributed by atoms with Crippen LogP contribution in [0.25, 0.3) is 21.9 Å². The summed E-state index contributed by atoms with van der Waals surface area (Å²) in [5.41, 5.74) is 0.247. The Balaban J connectivity index is 2.57. The van der Waals surface area contributed by atoms with E-state index in [1.165, 1.54) is 0 Å². The quantitative estimate of drug-likeness (QED) is 0.694. The molecule has 0 spiro atoms. The van der Waals surface area contributed by atoms with E-state index in [0.29, 0.717) is 12.2 Å². The summed E-state index contributed by atoms with van der Waals surface area (Å²) in [6.07, 6.45) is 0.528. The summed E-state index contributed by atoms with van der Waals surface area (Å²) in [5.74, 6) is -0.952. The van der Waals surface area contributed by atoms with Gasteiger partial charge in [0.05, 0.1) is 10.9 Å². The first kappa shape index (κ1) is 10.9. The molecule has 1 aromatic carbocycles. The van der Waals surface area contributed by atoms with Gasteiger partial charge >= 0.3 is 0 Å². The number of benzene rings is 1. The molecule has 0 aliphatic carbocycles. The molecule has 0 aliphatic heterocycles. The second-order valence-corrected chi connectivity index (χ2v) is 4.02. The fourth-order valence-corrected chi connectivity index (χ4v) is 2.03. The predicted octanol–water partition coefficient (Wildman–Crippen LogP) is 2.24. The molecule has 0 radical (unpaired) electrons. The Bertz CT molecular complexity index is 819. The lowest BCUT2D eigenvalue weighted by Crippen LogP contribution is -2.10. The number of H-pyrrole nitrogens is 2. The van der Waals surface area contributed by atoms with Gasteiger partial charge in [-0.2, -0.15) is 0 Å². The predicted molar refractivity (Wildman–Crippen MR) is 63.5 cm³/mol. The number of aryl methyl sites for hydroxylation is 1. The van der Waals surface area contributed by atoms with Crippen molar-refractivity contribution in [1.29, 1.82) is 0 Å². The first-order valence-corrected chi connectivity index (χ1v) is 5.49. The minimum absolute atomic E-state index is 0.146. The highest BCUT2D eigenvalue weighted by atomic mass is 19.1. The molecule has 0 unspecified atom stereocenters. The summed E-state index contributed by atoms with van der Waals surface area (Å²) >= 11 is 0. The van der Waals surface area contributed by atoms with Crippen LogP contribution < -0.4 is 5.56 Å². The van der Waals surface area contributed by atoms with E-state index in [0.717, 1.165) is 12.1 Å². The molecule has 0 saturated heterocycles. The SMILES string of the molecule is CCc1nc2c([nH]c3cc(F)cc(F)c32)c(=O)[nH]1. The Kier molecular flexibility index (Phi) is 2.19. The number of nitrogens with zero attached hydrogens (tertiary/aromatic N) is 1. The molecular formula is C12H9F2N3O. The summed E-state index contributed by atoms with van der Waals surface area (Å²) in [5, 5.41) is 0.146. The van der Waals surface area contributed by atoms with E-state index in [-0.39, 0.29) is 27.5 Å². The fourth-order valence-electron chi connectivity index (χ4n) is 2.03. The van der Waals surface area contributed by atoms with E-state index in [1.807, 2.05) is 6.92 Å². The first-order chi connectivity index (χ1) is 8.60. The second kappa shape index (κ2) is 3.63. The highest BCUT2D eigenvalue weighted by molar-refractivity contribution is 6.04. The van der Waals surface area contributed by atoms with Gasteiger partial charge in [0.15, 0.2) is 0 Å². The standard InChI is InChI=1S/C12H9F2N3O/c1-2-8-16-10-9-6(14)3-5(13)4-7(9)15-11(10)12(18)17-8/h3-4,15H,2H2,1H3,(H,16,17,18). The molecule has 2 heterocycles. The molecule has 2 aromatic heterocycles. The summed E-state index contributed by atoms with van der Waals surface area (Å²) in [4.78, 5) is 21.2. The van der Waals surface area contributed by atoms with E-state index >= 15 is 0 Å². The van der Waals surface area contributed by atoms with Crippen molar-refractivity contribution in [2.24, 2.45) is 0 Å². The molecule has 3 aromatic rings. The van der Waals surface area contributed by atoms with Crippen molar-refractivity contribution in [3.63, 3.8) is 0 Å². The maximum absolute atomic E-state index is 13.8. The third kappa shape index (κ3) is 1.42. The van der Waals surface area contributed by atoms with E-state index in [4.69, 9.17) is 0 Å². The van der Waals surface area contributed by atoms with Crippen LogP contribution in [0.4, 0.5) is 8.78 Å². The van der Waals surface area contributed by atoms with Crippen molar-refractivity contribution in [1.82, 2.24) is 15.0 Å². The van der Waals surface area contributed by atoms with Crippen LogP contribution in [0.15, 0.2) is 16.9 Å². The summed E-state index contributed by atoms with van der Waals surface area (Å²) in [6, 6.07) is 1.93. The number of hydrogen-bond donors (Lipinski definition) is 2. The van der Waals surface area contributed by atoms with Gasteiger partial charge < -0.3 is 9.97 Å². The molecule has 3 rings (SSSR count). The van der Waals surface area contributed by atoms with Gasteiger partial charge in [0.25, 0.3) is 5.56 Å². The number of aromatic nitrogens is 3. The Morgan fingerprint density at radius 1 is 1.28 bits per heavy atom. The summed E-state index contributed by atoms with van der Waals surface area (Å²) < 4.78 is 26.9. The van der Waals surface area contributed by atoms with E-state index in [2.05, 4.69) is 15.0 Å². The highest BCUT2D eigenvalue weighted by Crippen LogP contribution is 2.25. The summed E-state index contributed by atoms with van der Waals surface area (Å²) in [6.45, 7) is 1.83. The molecule has 6 heteroatoms. The maximum Gasteiger partial charge on any atom is 0.275 e. The van der Waals surface area contributed by atoms with Crippen LogP contribution in [0.1, 0.15) is 12.7 Å². The lowest BCUT2D eigenvalue weighted by Gasteiger charge is -1.97. The van der Waals surface area contributed by atoms with Crippen molar-refractivity contribution in [2.45, 2.75) is 13.3 Å². The van der Waals surface area contributed by atoms with Gasteiger partial charge in [0.1, 0.15) is 28.5 Å². The Morgan fingerprint density at radius 3 is 2.78 bits per heavy atom. The average Bonchev–Trinajstić information content (AvgIpc) is 2.67. The Hall–Kier alpha value is -2.24. The van der Waals surface area contributed by atoms with Gasteiger partial charge in [-0.15, -0.1) is 0 Å². The Labute approximate surface area is 99.7 Å². The van der Waals surface area contributed by atoms with Crippen molar-refractivity contribution in [3.05, 3.63) is 39.9 Å². The number of aromatic amines is 2. The lowest BCUT2D eigenvalue weighted by molar-refractivity contribution is 0.592. The summed E-state index contributed by atoms with van der Waals surface area (Å²) in [7, 11) is 0. The second-order valence-electron chi connectivity index (χ2n) is 4.02. The van der Waals surface area contributed by atoms with Crippen LogP contribution >= 0.6 is 0 Å². The van der Waals surface area contributed by atoms with Crippen LogP contribution in [0.5, 0.6) is 0 Å². The molecular weight excluding hydrogens is 240 g/mol. The average molecular weight is 249 g/mol. The van der Waals surface area contributed by atoms with Crippen molar-refractivity contribution in [3.8, 4) is 0 Å². The molecule has 92 valence electrons. The van der Waals surface area contributed by atoms with Gasteiger partial charge in [-0.1, -0.05) is 6.92 Å². The van der Waals surface area contributed by atoms with E-state index < -0.39 is 11.6 Å². The van der Waals surface area contributed by atoms with Crippen LogP contribution in [0.3, 0.4) is 0 Å². The molecule has 18 heavy (non-hydrogen) atoms. The monoisotopic (exact) mass is 249 g/mol. The molecule has 0 fully saturated rings. The topological polar surface area (TPSA) is 61.5 Å². The zero-order valence-electron chi connectivity index (χ0n) is 9.47. The number of hydrogen-bond acceptors (Lipinski definition) is 2. The van der Waals surface area contributed by atoms with Crippen LogP contribution in [-0.4, -0.2) is 15.0 Å². The van der Waals surface area contributed by atoms with Gasteiger partial charge in [-0.05, 0) is 6.07 Å². The van der Waals surface area contributed by atoms with E-state index in [9.17, 15) is 13.6 Å². The van der Waals surface area contributed by atoms with Crippen LogP contribution in [0.2, 0.25) is 0 Å². The third-order valence-electron chi connectivity index (χ3n) is 2.85. The number of rotatable bonds is 1. The van der Waals surface area contributed by atoms with Crippen LogP contribution in [-0.2, 0) is 6.42 Å². The molecule has 2 N–H and O–H groups in total. The lowest BCUT2D eigenvalue weighted by atomic mass is 10.2. The minimum Gasteiger partial charge on any atom is -0.348 e. The van der Waals surface area contributed by atoms with Crippen LogP contribution in [0, 0.1) is 11.6 Å². The van der Waals surface area contributed by atoms with Crippen molar-refractivity contribution in [2.75, 3.05) is 0 Å². The number of halogens is 2. The van der Waals surface area contributed by atoms with Gasteiger partial charge in [0.2, 0.25) is 0 Å². The minimum atomic E-state index is -0.726. The molecule has 0 saturated carbocycles.